The topological polar surface area (TPSA) is 92.9 Å². The van der Waals surface area contributed by atoms with Gasteiger partial charge in [0.1, 0.15) is 12.0 Å². The van der Waals surface area contributed by atoms with Crippen molar-refractivity contribution in [3.63, 3.8) is 0 Å². The molecule has 0 bridgehead atoms. The van der Waals surface area contributed by atoms with Crippen molar-refractivity contribution >= 4 is 5.91 Å². The summed E-state index contributed by atoms with van der Waals surface area (Å²) < 4.78 is 1.67. The summed E-state index contributed by atoms with van der Waals surface area (Å²) in [7, 11) is 0. The van der Waals surface area contributed by atoms with E-state index < -0.39 is 5.60 Å². The van der Waals surface area contributed by atoms with E-state index in [1.54, 1.807) is 29.4 Å². The number of imidazole rings is 1. The Balaban J connectivity index is 1.73. The van der Waals surface area contributed by atoms with Crippen LogP contribution in [0.3, 0.4) is 0 Å². The quantitative estimate of drug-likeness (QED) is 0.893. The van der Waals surface area contributed by atoms with Crippen LogP contribution in [0.4, 0.5) is 0 Å². The second-order valence-electron chi connectivity index (χ2n) is 6.41. The molecule has 122 valence electrons. The SMILES string of the molecule is Cc1cc(C(=O)NC2CCC(C)(O)CC2)nc(-n2ccnc2)n1. The third kappa shape index (κ3) is 3.73. The van der Waals surface area contributed by atoms with E-state index in [1.165, 1.54) is 0 Å². The van der Waals surface area contributed by atoms with Crippen molar-refractivity contribution in [2.75, 3.05) is 0 Å². The normalized spacial score (nSPS) is 24.4. The zero-order valence-corrected chi connectivity index (χ0v) is 13.4. The molecule has 0 unspecified atom stereocenters. The number of aromatic nitrogens is 4. The molecular formula is C16H21N5O2. The summed E-state index contributed by atoms with van der Waals surface area (Å²) in [5, 5.41) is 13.0. The standard InChI is InChI=1S/C16H21N5O2/c1-11-9-13(20-15(18-11)21-8-7-17-10-21)14(22)19-12-3-5-16(2,23)6-4-12/h7-10,12,23H,3-6H2,1-2H3,(H,19,22). The van der Waals surface area contributed by atoms with Gasteiger partial charge in [0.05, 0.1) is 5.60 Å². The van der Waals surface area contributed by atoms with Crippen molar-refractivity contribution in [3.8, 4) is 5.95 Å². The number of aliphatic hydroxyl groups is 1. The smallest absolute Gasteiger partial charge is 0.270 e. The van der Waals surface area contributed by atoms with Crippen molar-refractivity contribution in [2.24, 2.45) is 0 Å². The Morgan fingerprint density at radius 3 is 2.78 bits per heavy atom. The first-order valence-electron chi connectivity index (χ1n) is 7.80. The number of aryl methyl sites for hydroxylation is 1. The highest BCUT2D eigenvalue weighted by molar-refractivity contribution is 5.92. The van der Waals surface area contributed by atoms with Gasteiger partial charge in [0.25, 0.3) is 5.91 Å². The van der Waals surface area contributed by atoms with E-state index in [9.17, 15) is 9.90 Å². The van der Waals surface area contributed by atoms with Gasteiger partial charge >= 0.3 is 0 Å². The first kappa shape index (κ1) is 15.6. The predicted molar refractivity (Wildman–Crippen MR) is 84.2 cm³/mol. The summed E-state index contributed by atoms with van der Waals surface area (Å²) in [6.07, 6.45) is 7.91. The molecule has 0 aromatic carbocycles. The third-order valence-corrected chi connectivity index (χ3v) is 4.21. The molecule has 7 nitrogen and oxygen atoms in total. The van der Waals surface area contributed by atoms with E-state index in [0.29, 0.717) is 24.5 Å². The Kier molecular flexibility index (Phi) is 4.12. The fourth-order valence-electron chi connectivity index (χ4n) is 2.81. The minimum atomic E-state index is -0.610. The number of carbonyl (C=O) groups is 1. The molecule has 1 aliphatic carbocycles. The van der Waals surface area contributed by atoms with Gasteiger partial charge < -0.3 is 10.4 Å². The van der Waals surface area contributed by atoms with Gasteiger partial charge in [-0.1, -0.05) is 0 Å². The maximum atomic E-state index is 12.5. The lowest BCUT2D eigenvalue weighted by Gasteiger charge is -2.33. The van der Waals surface area contributed by atoms with Gasteiger partial charge in [-0.25, -0.2) is 15.0 Å². The Morgan fingerprint density at radius 2 is 2.13 bits per heavy atom. The van der Waals surface area contributed by atoms with E-state index in [-0.39, 0.29) is 11.9 Å². The lowest BCUT2D eigenvalue weighted by molar-refractivity contribution is 0.0140. The van der Waals surface area contributed by atoms with Gasteiger partial charge in [0.15, 0.2) is 0 Å². The summed E-state index contributed by atoms with van der Waals surface area (Å²) in [6, 6.07) is 1.75. The highest BCUT2D eigenvalue weighted by Crippen LogP contribution is 2.27. The molecule has 0 saturated heterocycles. The second kappa shape index (κ2) is 6.08. The van der Waals surface area contributed by atoms with Crippen LogP contribution in [0.15, 0.2) is 24.8 Å². The summed E-state index contributed by atoms with van der Waals surface area (Å²) in [5.41, 5.74) is 0.459. The Bertz CT molecular complexity index is 687. The minimum absolute atomic E-state index is 0.0784. The number of hydrogen-bond donors (Lipinski definition) is 2. The van der Waals surface area contributed by atoms with Crippen molar-refractivity contribution in [3.05, 3.63) is 36.2 Å². The average Bonchev–Trinajstić information content (AvgIpc) is 3.03. The lowest BCUT2D eigenvalue weighted by Crippen LogP contribution is -2.42. The molecule has 2 aromatic rings. The van der Waals surface area contributed by atoms with Crippen LogP contribution < -0.4 is 5.32 Å². The molecule has 3 rings (SSSR count). The summed E-state index contributed by atoms with van der Waals surface area (Å²) >= 11 is 0. The Labute approximate surface area is 134 Å². The highest BCUT2D eigenvalue weighted by atomic mass is 16.3. The number of carbonyl (C=O) groups excluding carboxylic acids is 1. The number of rotatable bonds is 3. The molecule has 0 radical (unpaired) electrons. The molecule has 1 aliphatic rings. The number of amides is 1. The fraction of sp³-hybridized carbons (Fsp3) is 0.500. The number of hydrogen-bond acceptors (Lipinski definition) is 5. The first-order valence-corrected chi connectivity index (χ1v) is 7.80. The molecule has 23 heavy (non-hydrogen) atoms. The largest absolute Gasteiger partial charge is 0.390 e. The molecule has 0 spiro atoms. The summed E-state index contributed by atoms with van der Waals surface area (Å²) in [6.45, 7) is 3.67. The van der Waals surface area contributed by atoms with Crippen LogP contribution in [0.25, 0.3) is 5.95 Å². The zero-order valence-electron chi connectivity index (χ0n) is 13.4. The lowest BCUT2D eigenvalue weighted by atomic mass is 9.83. The van der Waals surface area contributed by atoms with Crippen LogP contribution in [0.2, 0.25) is 0 Å². The minimum Gasteiger partial charge on any atom is -0.390 e. The maximum Gasteiger partial charge on any atom is 0.270 e. The van der Waals surface area contributed by atoms with Crippen molar-refractivity contribution in [1.82, 2.24) is 24.8 Å². The molecular weight excluding hydrogens is 294 g/mol. The third-order valence-electron chi connectivity index (χ3n) is 4.21. The van der Waals surface area contributed by atoms with Gasteiger partial charge in [-0.15, -0.1) is 0 Å². The van der Waals surface area contributed by atoms with Gasteiger partial charge in [-0.3, -0.25) is 9.36 Å². The van der Waals surface area contributed by atoms with Crippen molar-refractivity contribution in [2.45, 2.75) is 51.2 Å². The maximum absolute atomic E-state index is 12.5. The first-order chi connectivity index (χ1) is 10.9. The van der Waals surface area contributed by atoms with Gasteiger partial charge in [0, 0.05) is 24.1 Å². The molecule has 7 heteroatoms. The van der Waals surface area contributed by atoms with E-state index in [1.807, 2.05) is 13.8 Å². The van der Waals surface area contributed by atoms with Gasteiger partial charge in [-0.05, 0) is 45.6 Å². The van der Waals surface area contributed by atoms with Crippen LogP contribution >= 0.6 is 0 Å². The van der Waals surface area contributed by atoms with Crippen LogP contribution in [0.5, 0.6) is 0 Å². The fourth-order valence-corrected chi connectivity index (χ4v) is 2.81. The second-order valence-corrected chi connectivity index (χ2v) is 6.41. The van der Waals surface area contributed by atoms with Crippen LogP contribution in [0.1, 0.15) is 48.8 Å². The monoisotopic (exact) mass is 315 g/mol. The van der Waals surface area contributed by atoms with Crippen LogP contribution in [0, 0.1) is 6.92 Å². The Morgan fingerprint density at radius 1 is 1.39 bits per heavy atom. The van der Waals surface area contributed by atoms with E-state index in [0.717, 1.165) is 18.5 Å². The van der Waals surface area contributed by atoms with Crippen LogP contribution in [-0.4, -0.2) is 42.2 Å². The molecule has 0 aliphatic heterocycles. The molecule has 1 saturated carbocycles. The predicted octanol–water partition coefficient (Wildman–Crippen LogP) is 1.39. The summed E-state index contributed by atoms with van der Waals surface area (Å²) in [5.74, 6) is 0.225. The highest BCUT2D eigenvalue weighted by Gasteiger charge is 2.29. The zero-order chi connectivity index (χ0) is 16.4. The van der Waals surface area contributed by atoms with E-state index >= 15 is 0 Å². The average molecular weight is 315 g/mol. The van der Waals surface area contributed by atoms with Gasteiger partial charge in [-0.2, -0.15) is 0 Å². The molecule has 2 heterocycles. The van der Waals surface area contributed by atoms with Crippen LogP contribution in [-0.2, 0) is 0 Å². The molecule has 0 atom stereocenters. The van der Waals surface area contributed by atoms with Crippen molar-refractivity contribution < 1.29 is 9.90 Å². The molecule has 1 amide bonds. The molecule has 1 fully saturated rings. The number of nitrogens with zero attached hydrogens (tertiary/aromatic N) is 4. The molecule has 2 N–H and O–H groups in total. The van der Waals surface area contributed by atoms with E-state index in [4.69, 9.17) is 0 Å². The van der Waals surface area contributed by atoms with E-state index in [2.05, 4.69) is 20.3 Å². The molecule has 2 aromatic heterocycles. The Hall–Kier alpha value is -2.28. The van der Waals surface area contributed by atoms with Gasteiger partial charge in [0.2, 0.25) is 5.95 Å². The summed E-state index contributed by atoms with van der Waals surface area (Å²) in [4.78, 5) is 25.1. The van der Waals surface area contributed by atoms with Crippen molar-refractivity contribution in [1.29, 1.82) is 0 Å². The number of nitrogens with one attached hydrogen (secondary N) is 1.